The molecule has 0 saturated carbocycles. The van der Waals surface area contributed by atoms with Gasteiger partial charge in [0.05, 0.1) is 16.8 Å². The molecular weight excluding hydrogens is 523 g/mol. The SMILES string of the molecule is Cc1cc(OCc2c(Cc3c(Cl)cccc3Cl)noc2C(C)C)ccc1N(C)Cc1cccc(C(=O)O)c1. The number of aromatic carboxylic acids is 1. The Bertz CT molecular complexity index is 1430. The number of carboxylic acids is 1. The fraction of sp³-hybridized carbons (Fsp3) is 0.267. The number of nitrogens with zero attached hydrogens (tertiary/aromatic N) is 2. The lowest BCUT2D eigenvalue weighted by atomic mass is 10.0. The summed E-state index contributed by atoms with van der Waals surface area (Å²) in [5.74, 6) is 0.706. The van der Waals surface area contributed by atoms with Gasteiger partial charge in [0.25, 0.3) is 0 Å². The van der Waals surface area contributed by atoms with Crippen LogP contribution in [0.25, 0.3) is 0 Å². The highest BCUT2D eigenvalue weighted by Crippen LogP contribution is 2.32. The molecule has 0 atom stereocenters. The first-order valence-corrected chi connectivity index (χ1v) is 13.1. The average Bonchev–Trinajstić information content (AvgIpc) is 3.28. The third kappa shape index (κ3) is 6.32. The van der Waals surface area contributed by atoms with Gasteiger partial charge in [-0.15, -0.1) is 0 Å². The van der Waals surface area contributed by atoms with Crippen molar-refractivity contribution in [3.8, 4) is 5.75 Å². The van der Waals surface area contributed by atoms with Gasteiger partial charge in [-0.05, 0) is 66.1 Å². The Balaban J connectivity index is 1.50. The van der Waals surface area contributed by atoms with E-state index < -0.39 is 5.97 Å². The summed E-state index contributed by atoms with van der Waals surface area (Å²) < 4.78 is 11.9. The third-order valence-electron chi connectivity index (χ3n) is 6.39. The van der Waals surface area contributed by atoms with Crippen molar-refractivity contribution in [2.45, 2.75) is 46.3 Å². The summed E-state index contributed by atoms with van der Waals surface area (Å²) in [6, 6.07) is 18.4. The maximum absolute atomic E-state index is 11.3. The van der Waals surface area contributed by atoms with Crippen LogP contribution in [0.4, 0.5) is 5.69 Å². The van der Waals surface area contributed by atoms with Crippen LogP contribution in [0.1, 0.15) is 63.8 Å². The van der Waals surface area contributed by atoms with Crippen molar-refractivity contribution in [2.24, 2.45) is 0 Å². The molecule has 0 aliphatic rings. The minimum atomic E-state index is -0.932. The van der Waals surface area contributed by atoms with Crippen LogP contribution in [0.3, 0.4) is 0 Å². The molecule has 0 fully saturated rings. The van der Waals surface area contributed by atoms with Crippen LogP contribution in [-0.2, 0) is 19.6 Å². The fourth-order valence-electron chi connectivity index (χ4n) is 4.44. The monoisotopic (exact) mass is 552 g/mol. The zero-order valence-corrected chi connectivity index (χ0v) is 23.3. The quantitative estimate of drug-likeness (QED) is 0.215. The number of rotatable bonds is 10. The molecule has 3 aromatic carbocycles. The van der Waals surface area contributed by atoms with Gasteiger partial charge in [-0.25, -0.2) is 4.79 Å². The molecule has 1 N–H and O–H groups in total. The molecule has 8 heteroatoms. The lowest BCUT2D eigenvalue weighted by Gasteiger charge is -2.22. The van der Waals surface area contributed by atoms with Crippen molar-refractivity contribution in [1.29, 1.82) is 0 Å². The smallest absolute Gasteiger partial charge is 0.335 e. The largest absolute Gasteiger partial charge is 0.489 e. The Morgan fingerprint density at radius 2 is 1.76 bits per heavy atom. The lowest BCUT2D eigenvalue weighted by molar-refractivity contribution is 0.0696. The standard InChI is InChI=1S/C30H30Cl2N2O4/c1-18(2)29-24(27(33-38-29)15-23-25(31)9-6-10-26(23)32)17-37-22-11-12-28(19(3)13-22)34(4)16-20-7-5-8-21(14-20)30(35)36/h5-14,18H,15-17H2,1-4H3,(H,35,36). The van der Waals surface area contributed by atoms with Crippen LogP contribution in [0.2, 0.25) is 10.0 Å². The molecule has 0 aliphatic carbocycles. The van der Waals surface area contributed by atoms with Gasteiger partial charge in [-0.2, -0.15) is 0 Å². The van der Waals surface area contributed by atoms with E-state index in [0.717, 1.165) is 45.1 Å². The molecule has 0 bridgehead atoms. The zero-order chi connectivity index (χ0) is 27.4. The second kappa shape index (κ2) is 11.9. The number of aryl methyl sites for hydroxylation is 1. The second-order valence-electron chi connectivity index (χ2n) is 9.60. The fourth-order valence-corrected chi connectivity index (χ4v) is 4.97. The summed E-state index contributed by atoms with van der Waals surface area (Å²) in [5.41, 5.74) is 5.72. The van der Waals surface area contributed by atoms with Crippen LogP contribution < -0.4 is 9.64 Å². The van der Waals surface area contributed by atoms with E-state index in [4.69, 9.17) is 32.5 Å². The molecule has 4 aromatic rings. The van der Waals surface area contributed by atoms with E-state index in [1.165, 1.54) is 0 Å². The zero-order valence-electron chi connectivity index (χ0n) is 21.8. The first-order chi connectivity index (χ1) is 18.1. The number of anilines is 1. The molecule has 1 heterocycles. The minimum absolute atomic E-state index is 0.133. The van der Waals surface area contributed by atoms with Gasteiger partial charge in [0.2, 0.25) is 0 Å². The molecule has 0 amide bonds. The van der Waals surface area contributed by atoms with Crippen molar-refractivity contribution < 1.29 is 19.2 Å². The Morgan fingerprint density at radius 1 is 1.05 bits per heavy atom. The van der Waals surface area contributed by atoms with Gasteiger partial charge in [-0.1, -0.05) is 60.4 Å². The van der Waals surface area contributed by atoms with Crippen LogP contribution >= 0.6 is 23.2 Å². The second-order valence-corrected chi connectivity index (χ2v) is 10.4. The van der Waals surface area contributed by atoms with Crippen LogP contribution in [-0.4, -0.2) is 23.3 Å². The molecule has 0 unspecified atom stereocenters. The average molecular weight is 553 g/mol. The highest BCUT2D eigenvalue weighted by molar-refractivity contribution is 6.36. The molecule has 4 rings (SSSR count). The summed E-state index contributed by atoms with van der Waals surface area (Å²) in [4.78, 5) is 13.4. The number of aromatic nitrogens is 1. The summed E-state index contributed by atoms with van der Waals surface area (Å²) in [7, 11) is 1.98. The number of halogens is 2. The van der Waals surface area contributed by atoms with E-state index >= 15 is 0 Å². The van der Waals surface area contributed by atoms with E-state index in [1.54, 1.807) is 18.2 Å². The van der Waals surface area contributed by atoms with Crippen LogP contribution in [0, 0.1) is 6.92 Å². The van der Waals surface area contributed by atoms with Crippen molar-refractivity contribution in [3.05, 3.63) is 110 Å². The molecule has 0 radical (unpaired) electrons. The molecule has 0 saturated heterocycles. The molecule has 0 aliphatic heterocycles. The Kier molecular flexibility index (Phi) is 8.65. The van der Waals surface area contributed by atoms with E-state index in [9.17, 15) is 9.90 Å². The topological polar surface area (TPSA) is 75.8 Å². The van der Waals surface area contributed by atoms with Crippen LogP contribution in [0.5, 0.6) is 5.75 Å². The summed E-state index contributed by atoms with van der Waals surface area (Å²) in [5, 5.41) is 14.8. The molecule has 6 nitrogen and oxygen atoms in total. The van der Waals surface area contributed by atoms with Crippen molar-refractivity contribution in [1.82, 2.24) is 5.16 Å². The Labute approximate surface area is 232 Å². The van der Waals surface area contributed by atoms with Crippen molar-refractivity contribution >= 4 is 34.9 Å². The van der Waals surface area contributed by atoms with Crippen LogP contribution in [0.15, 0.2) is 65.2 Å². The first kappa shape index (κ1) is 27.6. The molecule has 38 heavy (non-hydrogen) atoms. The number of carboxylic acid groups (broad SMARTS) is 1. The maximum Gasteiger partial charge on any atom is 0.335 e. The van der Waals surface area contributed by atoms with E-state index in [2.05, 4.69) is 23.9 Å². The van der Waals surface area contributed by atoms with Gasteiger partial charge in [-0.3, -0.25) is 0 Å². The third-order valence-corrected chi connectivity index (χ3v) is 7.09. The minimum Gasteiger partial charge on any atom is -0.489 e. The van der Waals surface area contributed by atoms with Crippen molar-refractivity contribution in [3.63, 3.8) is 0 Å². The highest BCUT2D eigenvalue weighted by Gasteiger charge is 2.21. The van der Waals surface area contributed by atoms with Gasteiger partial charge < -0.3 is 19.3 Å². The number of hydrogen-bond acceptors (Lipinski definition) is 5. The van der Waals surface area contributed by atoms with Gasteiger partial charge in [0.1, 0.15) is 18.1 Å². The highest BCUT2D eigenvalue weighted by atomic mass is 35.5. The van der Waals surface area contributed by atoms with E-state index in [1.807, 2.05) is 56.4 Å². The first-order valence-electron chi connectivity index (χ1n) is 12.3. The summed E-state index contributed by atoms with van der Waals surface area (Å²) in [6.07, 6.45) is 0.444. The molecule has 0 spiro atoms. The van der Waals surface area contributed by atoms with E-state index in [-0.39, 0.29) is 11.5 Å². The van der Waals surface area contributed by atoms with E-state index in [0.29, 0.717) is 29.6 Å². The number of benzene rings is 3. The maximum atomic E-state index is 11.3. The normalized spacial score (nSPS) is 11.1. The summed E-state index contributed by atoms with van der Waals surface area (Å²) >= 11 is 12.8. The molecular formula is C30H30Cl2N2O4. The van der Waals surface area contributed by atoms with Gasteiger partial charge >= 0.3 is 5.97 Å². The number of carbonyl (C=O) groups is 1. The number of ether oxygens (including phenoxy) is 1. The van der Waals surface area contributed by atoms with Gasteiger partial charge in [0.15, 0.2) is 0 Å². The molecule has 1 aromatic heterocycles. The predicted octanol–water partition coefficient (Wildman–Crippen LogP) is 7.92. The lowest BCUT2D eigenvalue weighted by Crippen LogP contribution is -2.17. The Hall–Kier alpha value is -3.48. The summed E-state index contributed by atoms with van der Waals surface area (Å²) in [6.45, 7) is 7.00. The predicted molar refractivity (Wildman–Crippen MR) is 151 cm³/mol. The van der Waals surface area contributed by atoms with Gasteiger partial charge in [0, 0.05) is 41.7 Å². The van der Waals surface area contributed by atoms with Crippen molar-refractivity contribution in [2.75, 3.05) is 11.9 Å². The number of hydrogen-bond donors (Lipinski definition) is 1. The Morgan fingerprint density at radius 3 is 2.42 bits per heavy atom. The molecule has 198 valence electrons.